The van der Waals surface area contributed by atoms with Crippen molar-refractivity contribution in [2.45, 2.75) is 13.3 Å². The van der Waals surface area contributed by atoms with Crippen molar-refractivity contribution >= 4 is 21.8 Å². The van der Waals surface area contributed by atoms with Gasteiger partial charge >= 0.3 is 0 Å². The second-order valence-corrected chi connectivity index (χ2v) is 4.00. The quantitative estimate of drug-likeness (QED) is 0.594. The van der Waals surface area contributed by atoms with Gasteiger partial charge in [-0.1, -0.05) is 43.3 Å². The Morgan fingerprint density at radius 2 is 1.38 bits per heavy atom. The second-order valence-electron chi connectivity index (χ2n) is 4.00. The third-order valence-corrected chi connectivity index (χ3v) is 2.98. The van der Waals surface area contributed by atoms with Crippen molar-refractivity contribution in [2.75, 3.05) is 0 Å². The van der Waals surface area contributed by atoms with Crippen LogP contribution in [0.3, 0.4) is 0 Å². The van der Waals surface area contributed by atoms with Gasteiger partial charge in [-0.25, -0.2) is 0 Å². The first kappa shape index (κ1) is 9.46. The molecule has 0 aliphatic heterocycles. The van der Waals surface area contributed by atoms with E-state index in [0.717, 1.165) is 6.42 Å². The molecule has 0 saturated carbocycles. The van der Waals surface area contributed by atoms with Crippen LogP contribution in [0.1, 0.15) is 13.3 Å². The van der Waals surface area contributed by atoms with E-state index in [1.165, 1.54) is 21.8 Å². The summed E-state index contributed by atoms with van der Waals surface area (Å²) in [5, 5.41) is 2.67. The van der Waals surface area contributed by atoms with E-state index < -0.39 is 0 Å². The van der Waals surface area contributed by atoms with E-state index in [-0.39, 0.29) is 0 Å². The number of para-hydroxylation sites is 2. The van der Waals surface area contributed by atoms with Gasteiger partial charge in [0, 0.05) is 21.8 Å². The number of fused-ring (bicyclic) bond motifs is 3. The zero-order chi connectivity index (χ0) is 11.0. The maximum atomic E-state index is 2.30. The molecule has 0 spiro atoms. The first-order valence-electron chi connectivity index (χ1n) is 5.73. The minimum absolute atomic E-state index is 1.04. The average Bonchev–Trinajstić information content (AvgIpc) is 2.66. The smallest absolute Gasteiger partial charge is 0.0547 e. The summed E-state index contributed by atoms with van der Waals surface area (Å²) in [5.74, 6) is 0. The Bertz CT molecular complexity index is 581. The van der Waals surface area contributed by atoms with Crippen LogP contribution in [0.2, 0.25) is 0 Å². The van der Waals surface area contributed by atoms with Crippen molar-refractivity contribution in [2.24, 2.45) is 0 Å². The molecule has 1 heteroatoms. The van der Waals surface area contributed by atoms with Crippen LogP contribution in [-0.2, 0) is 0 Å². The molecule has 0 atom stereocenters. The molecular formula is C15H14N. The zero-order valence-electron chi connectivity index (χ0n) is 9.35. The average molecular weight is 208 g/mol. The molecule has 79 valence electrons. The molecule has 0 unspecified atom stereocenters. The Morgan fingerprint density at radius 3 is 1.88 bits per heavy atom. The monoisotopic (exact) mass is 208 g/mol. The van der Waals surface area contributed by atoms with Gasteiger partial charge in [-0.05, 0) is 18.6 Å². The fraction of sp³-hybridized carbons (Fsp3) is 0.133. The predicted molar refractivity (Wildman–Crippen MR) is 69.4 cm³/mol. The molecule has 2 aromatic carbocycles. The number of hydrogen-bond donors (Lipinski definition) is 0. The van der Waals surface area contributed by atoms with Crippen molar-refractivity contribution in [3.8, 4) is 0 Å². The molecule has 0 amide bonds. The van der Waals surface area contributed by atoms with Gasteiger partial charge in [0.2, 0.25) is 0 Å². The van der Waals surface area contributed by atoms with Gasteiger partial charge in [0.1, 0.15) is 0 Å². The summed E-state index contributed by atoms with van der Waals surface area (Å²) in [6, 6.07) is 17.1. The molecule has 3 aromatic rings. The van der Waals surface area contributed by atoms with E-state index in [4.69, 9.17) is 0 Å². The van der Waals surface area contributed by atoms with E-state index >= 15 is 0 Å². The predicted octanol–water partition coefficient (Wildman–Crippen LogP) is 4.21. The number of nitrogens with zero attached hydrogens (tertiary/aromatic N) is 1. The summed E-state index contributed by atoms with van der Waals surface area (Å²) in [4.78, 5) is 0. The topological polar surface area (TPSA) is 4.93 Å². The summed E-state index contributed by atoms with van der Waals surface area (Å²) in [6.07, 6.45) is 1.04. The Kier molecular flexibility index (Phi) is 2.17. The highest BCUT2D eigenvalue weighted by Gasteiger charge is 2.07. The molecule has 3 rings (SSSR count). The van der Waals surface area contributed by atoms with Gasteiger partial charge in [-0.15, -0.1) is 0 Å². The second kappa shape index (κ2) is 3.67. The Balaban J connectivity index is 2.49. The highest BCUT2D eigenvalue weighted by molar-refractivity contribution is 6.08. The molecule has 0 bridgehead atoms. The lowest BCUT2D eigenvalue weighted by Crippen LogP contribution is -1.92. The summed E-state index contributed by atoms with van der Waals surface area (Å²) >= 11 is 0. The van der Waals surface area contributed by atoms with Crippen LogP contribution in [0.25, 0.3) is 21.8 Å². The van der Waals surface area contributed by atoms with Gasteiger partial charge in [0.25, 0.3) is 0 Å². The lowest BCUT2D eigenvalue weighted by Gasteiger charge is -2.03. The minimum Gasteiger partial charge on any atom is -0.335 e. The van der Waals surface area contributed by atoms with Crippen LogP contribution < -0.4 is 0 Å². The summed E-state index contributed by atoms with van der Waals surface area (Å²) < 4.78 is 2.30. The van der Waals surface area contributed by atoms with Crippen molar-refractivity contribution in [1.82, 2.24) is 4.57 Å². The molecule has 1 radical (unpaired) electrons. The number of aromatic nitrogens is 1. The van der Waals surface area contributed by atoms with Crippen LogP contribution in [0.15, 0.2) is 48.5 Å². The molecule has 0 fully saturated rings. The van der Waals surface area contributed by atoms with Crippen LogP contribution in [-0.4, -0.2) is 4.57 Å². The largest absolute Gasteiger partial charge is 0.335 e. The Morgan fingerprint density at radius 1 is 0.875 bits per heavy atom. The van der Waals surface area contributed by atoms with E-state index in [2.05, 4.69) is 66.6 Å². The minimum atomic E-state index is 1.04. The molecule has 0 saturated heterocycles. The van der Waals surface area contributed by atoms with E-state index in [1.54, 1.807) is 0 Å². The van der Waals surface area contributed by atoms with Crippen LogP contribution >= 0.6 is 0 Å². The Labute approximate surface area is 95.3 Å². The van der Waals surface area contributed by atoms with Crippen LogP contribution in [0.5, 0.6) is 0 Å². The van der Waals surface area contributed by atoms with E-state index in [1.807, 2.05) is 0 Å². The summed E-state index contributed by atoms with van der Waals surface area (Å²) in [6.45, 7) is 4.41. The summed E-state index contributed by atoms with van der Waals surface area (Å²) in [5.41, 5.74) is 2.59. The highest BCUT2D eigenvalue weighted by atomic mass is 15.0. The third-order valence-electron chi connectivity index (χ3n) is 2.98. The lowest BCUT2D eigenvalue weighted by atomic mass is 10.2. The molecule has 1 heterocycles. The molecule has 0 aliphatic carbocycles. The maximum Gasteiger partial charge on any atom is 0.0547 e. The first-order valence-corrected chi connectivity index (χ1v) is 5.73. The van der Waals surface area contributed by atoms with Gasteiger partial charge in [0.05, 0.1) is 6.54 Å². The lowest BCUT2D eigenvalue weighted by molar-refractivity contribution is 0.935. The number of hydrogen-bond acceptors (Lipinski definition) is 0. The SMILES string of the molecule is CC[CH]n1c2ccccc2c2ccccc21. The molecule has 0 N–H and O–H groups in total. The highest BCUT2D eigenvalue weighted by Crippen LogP contribution is 2.29. The van der Waals surface area contributed by atoms with Crippen LogP contribution in [0, 0.1) is 6.54 Å². The van der Waals surface area contributed by atoms with E-state index in [0.29, 0.717) is 0 Å². The molecule has 1 nitrogen and oxygen atoms in total. The Hall–Kier alpha value is -1.76. The fourth-order valence-electron chi connectivity index (χ4n) is 2.33. The van der Waals surface area contributed by atoms with E-state index in [9.17, 15) is 0 Å². The van der Waals surface area contributed by atoms with Crippen molar-refractivity contribution in [1.29, 1.82) is 0 Å². The number of rotatable bonds is 2. The van der Waals surface area contributed by atoms with Gasteiger partial charge in [-0.3, -0.25) is 0 Å². The fourth-order valence-corrected chi connectivity index (χ4v) is 2.33. The van der Waals surface area contributed by atoms with Crippen molar-refractivity contribution < 1.29 is 0 Å². The van der Waals surface area contributed by atoms with Crippen molar-refractivity contribution in [3.63, 3.8) is 0 Å². The zero-order valence-corrected chi connectivity index (χ0v) is 9.35. The first-order chi connectivity index (χ1) is 7.92. The standard InChI is InChI=1S/C15H14N/c1-2-11-16-14-9-5-3-7-12(14)13-8-4-6-10-15(13)16/h3-11H,2H2,1H3. The van der Waals surface area contributed by atoms with Crippen LogP contribution in [0.4, 0.5) is 0 Å². The van der Waals surface area contributed by atoms with Gasteiger partial charge in [0.15, 0.2) is 0 Å². The summed E-state index contributed by atoms with van der Waals surface area (Å²) in [7, 11) is 0. The van der Waals surface area contributed by atoms with Crippen molar-refractivity contribution in [3.05, 3.63) is 55.1 Å². The van der Waals surface area contributed by atoms with Gasteiger partial charge < -0.3 is 4.57 Å². The molecular weight excluding hydrogens is 194 g/mol. The third kappa shape index (κ3) is 1.25. The normalized spacial score (nSPS) is 11.3. The van der Waals surface area contributed by atoms with Gasteiger partial charge in [-0.2, -0.15) is 0 Å². The molecule has 1 aromatic heterocycles. The maximum absolute atomic E-state index is 2.30. The number of benzene rings is 2. The molecule has 0 aliphatic rings. The molecule has 16 heavy (non-hydrogen) atoms.